The maximum absolute atomic E-state index is 12.7. The number of benzene rings is 2. The molecule has 0 aliphatic carbocycles. The minimum atomic E-state index is -0.116. The molecule has 0 saturated heterocycles. The SMILES string of the molecule is O=c1ccc2cnc(N(c3ccccc3)c3cn[nH]c3)nc2n1CC=Cc1ccccc1. The maximum atomic E-state index is 12.7. The van der Waals surface area contributed by atoms with E-state index in [-0.39, 0.29) is 5.56 Å². The van der Waals surface area contributed by atoms with Gasteiger partial charge in [-0.1, -0.05) is 60.7 Å². The minimum absolute atomic E-state index is 0.116. The van der Waals surface area contributed by atoms with Crippen LogP contribution in [0.15, 0.2) is 102 Å². The lowest BCUT2D eigenvalue weighted by atomic mass is 10.2. The van der Waals surface area contributed by atoms with E-state index in [1.165, 1.54) is 0 Å². The summed E-state index contributed by atoms with van der Waals surface area (Å²) in [5.74, 6) is 0.455. The van der Waals surface area contributed by atoms with Crippen molar-refractivity contribution in [2.75, 3.05) is 4.90 Å². The Hall–Kier alpha value is -4.52. The third-order valence-electron chi connectivity index (χ3n) is 5.06. The van der Waals surface area contributed by atoms with E-state index in [0.717, 1.165) is 22.3 Å². The van der Waals surface area contributed by atoms with Crippen LogP contribution in [0.4, 0.5) is 17.3 Å². The van der Waals surface area contributed by atoms with Crippen LogP contribution in [-0.2, 0) is 6.54 Å². The van der Waals surface area contributed by atoms with Gasteiger partial charge in [-0.3, -0.25) is 19.4 Å². The molecule has 0 aliphatic rings. The highest BCUT2D eigenvalue weighted by atomic mass is 16.1. The quantitative estimate of drug-likeness (QED) is 0.431. The largest absolute Gasteiger partial charge is 0.289 e. The minimum Gasteiger partial charge on any atom is -0.289 e. The van der Waals surface area contributed by atoms with Crippen molar-refractivity contribution >= 4 is 34.4 Å². The number of anilines is 3. The molecule has 2 aromatic carbocycles. The summed E-state index contributed by atoms with van der Waals surface area (Å²) in [5.41, 5.74) is 3.22. The molecular formula is C25H20N6O. The van der Waals surface area contributed by atoms with Gasteiger partial charge in [0.2, 0.25) is 5.95 Å². The van der Waals surface area contributed by atoms with Crippen LogP contribution in [0, 0.1) is 0 Å². The van der Waals surface area contributed by atoms with Crippen LogP contribution >= 0.6 is 0 Å². The smallest absolute Gasteiger partial charge is 0.252 e. The van der Waals surface area contributed by atoms with Gasteiger partial charge in [0.1, 0.15) is 5.65 Å². The molecule has 1 N–H and O–H groups in total. The van der Waals surface area contributed by atoms with Gasteiger partial charge in [0, 0.05) is 36.1 Å². The second kappa shape index (κ2) is 8.69. The zero-order valence-corrected chi connectivity index (χ0v) is 17.2. The molecule has 0 unspecified atom stereocenters. The Balaban J connectivity index is 1.59. The Labute approximate surface area is 184 Å². The molecular weight excluding hydrogens is 400 g/mol. The Bertz CT molecular complexity index is 1410. The Morgan fingerprint density at radius 2 is 1.69 bits per heavy atom. The molecule has 7 nitrogen and oxygen atoms in total. The lowest BCUT2D eigenvalue weighted by Gasteiger charge is -2.21. The number of hydrogen-bond acceptors (Lipinski definition) is 5. The number of pyridine rings is 1. The molecule has 0 bridgehead atoms. The molecule has 3 heterocycles. The van der Waals surface area contributed by atoms with Crippen molar-refractivity contribution < 1.29 is 0 Å². The third-order valence-corrected chi connectivity index (χ3v) is 5.06. The van der Waals surface area contributed by atoms with Gasteiger partial charge in [0.25, 0.3) is 5.56 Å². The fraction of sp³-hybridized carbons (Fsp3) is 0.0400. The van der Waals surface area contributed by atoms with Gasteiger partial charge in [-0.15, -0.1) is 0 Å². The molecule has 7 heteroatoms. The number of aromatic nitrogens is 5. The van der Waals surface area contributed by atoms with Gasteiger partial charge in [-0.25, -0.2) is 4.98 Å². The maximum Gasteiger partial charge on any atom is 0.252 e. The molecule has 5 aromatic rings. The molecule has 0 aliphatic heterocycles. The van der Waals surface area contributed by atoms with E-state index in [4.69, 9.17) is 4.98 Å². The molecule has 0 amide bonds. The van der Waals surface area contributed by atoms with Crippen LogP contribution < -0.4 is 10.5 Å². The number of nitrogens with zero attached hydrogens (tertiary/aromatic N) is 5. The van der Waals surface area contributed by atoms with E-state index in [1.807, 2.05) is 77.7 Å². The predicted molar refractivity (Wildman–Crippen MR) is 126 cm³/mol. The highest BCUT2D eigenvalue weighted by Gasteiger charge is 2.17. The van der Waals surface area contributed by atoms with Gasteiger partial charge in [0.05, 0.1) is 11.9 Å². The molecule has 32 heavy (non-hydrogen) atoms. The summed E-state index contributed by atoms with van der Waals surface area (Å²) in [7, 11) is 0. The number of H-pyrrole nitrogens is 1. The molecule has 0 saturated carbocycles. The highest BCUT2D eigenvalue weighted by Crippen LogP contribution is 2.31. The van der Waals surface area contributed by atoms with Crippen molar-refractivity contribution in [3.63, 3.8) is 0 Å². The van der Waals surface area contributed by atoms with Crippen LogP contribution in [0.1, 0.15) is 5.56 Å². The second-order valence-corrected chi connectivity index (χ2v) is 7.17. The standard InChI is InChI=1S/C25H20N6O/c32-23-14-13-20-16-26-25(31(22-17-27-28-18-22)21-11-5-2-6-12-21)29-24(20)30(23)15-7-10-19-8-3-1-4-9-19/h1-14,16-18H,15H2,(H,27,28). The number of hydrogen-bond donors (Lipinski definition) is 1. The number of allylic oxidation sites excluding steroid dienone is 1. The number of aromatic amines is 1. The zero-order valence-electron chi connectivity index (χ0n) is 17.2. The van der Waals surface area contributed by atoms with E-state index in [2.05, 4.69) is 15.2 Å². The number of para-hydroxylation sites is 1. The second-order valence-electron chi connectivity index (χ2n) is 7.17. The number of rotatable bonds is 6. The summed E-state index contributed by atoms with van der Waals surface area (Å²) in [6.07, 6.45) is 9.19. The molecule has 156 valence electrons. The normalized spacial score (nSPS) is 11.2. The first-order chi connectivity index (χ1) is 15.8. The van der Waals surface area contributed by atoms with Crippen LogP contribution in [0.2, 0.25) is 0 Å². The topological polar surface area (TPSA) is 79.7 Å². The van der Waals surface area contributed by atoms with Gasteiger partial charge in [-0.2, -0.15) is 10.1 Å². The summed E-state index contributed by atoms with van der Waals surface area (Å²) in [4.78, 5) is 24.0. The molecule has 0 radical (unpaired) electrons. The number of nitrogens with one attached hydrogen (secondary N) is 1. The third kappa shape index (κ3) is 3.91. The Morgan fingerprint density at radius 3 is 2.44 bits per heavy atom. The van der Waals surface area contributed by atoms with E-state index in [9.17, 15) is 4.79 Å². The van der Waals surface area contributed by atoms with Crippen LogP contribution in [0.25, 0.3) is 17.1 Å². The Kier molecular flexibility index (Phi) is 5.28. The monoisotopic (exact) mass is 420 g/mol. The summed E-state index contributed by atoms with van der Waals surface area (Å²) in [6.45, 7) is 0.401. The van der Waals surface area contributed by atoms with Crippen LogP contribution in [0.5, 0.6) is 0 Å². The summed E-state index contributed by atoms with van der Waals surface area (Å²) >= 11 is 0. The lowest BCUT2D eigenvalue weighted by Crippen LogP contribution is -2.21. The van der Waals surface area contributed by atoms with E-state index >= 15 is 0 Å². The molecule has 0 fully saturated rings. The molecule has 0 spiro atoms. The van der Waals surface area contributed by atoms with Crippen molar-refractivity contribution in [2.45, 2.75) is 6.54 Å². The van der Waals surface area contributed by atoms with Gasteiger partial charge in [0.15, 0.2) is 0 Å². The summed E-state index contributed by atoms with van der Waals surface area (Å²) in [5, 5.41) is 7.70. The average molecular weight is 420 g/mol. The first kappa shape index (κ1) is 19.4. The fourth-order valence-corrected chi connectivity index (χ4v) is 3.53. The van der Waals surface area contributed by atoms with Gasteiger partial charge in [-0.05, 0) is 23.8 Å². The molecule has 0 atom stereocenters. The molecule has 3 aromatic heterocycles. The zero-order chi connectivity index (χ0) is 21.8. The van der Waals surface area contributed by atoms with Crippen molar-refractivity contribution in [3.8, 4) is 0 Å². The van der Waals surface area contributed by atoms with Gasteiger partial charge < -0.3 is 0 Å². The van der Waals surface area contributed by atoms with Crippen molar-refractivity contribution in [3.05, 3.63) is 113 Å². The highest BCUT2D eigenvalue weighted by molar-refractivity contribution is 5.78. The predicted octanol–water partition coefficient (Wildman–Crippen LogP) is 4.70. The first-order valence-electron chi connectivity index (χ1n) is 10.2. The number of fused-ring (bicyclic) bond motifs is 1. The van der Waals surface area contributed by atoms with Gasteiger partial charge >= 0.3 is 0 Å². The summed E-state index contributed by atoms with van der Waals surface area (Å²) in [6, 6.07) is 23.1. The fourth-order valence-electron chi connectivity index (χ4n) is 3.53. The van der Waals surface area contributed by atoms with E-state index in [1.54, 1.807) is 35.3 Å². The summed E-state index contributed by atoms with van der Waals surface area (Å²) < 4.78 is 1.65. The average Bonchev–Trinajstić information content (AvgIpc) is 3.36. The van der Waals surface area contributed by atoms with Crippen LogP contribution in [0.3, 0.4) is 0 Å². The first-order valence-corrected chi connectivity index (χ1v) is 10.2. The van der Waals surface area contributed by atoms with E-state index in [0.29, 0.717) is 18.1 Å². The van der Waals surface area contributed by atoms with Crippen molar-refractivity contribution in [1.29, 1.82) is 0 Å². The van der Waals surface area contributed by atoms with Crippen molar-refractivity contribution in [1.82, 2.24) is 24.7 Å². The van der Waals surface area contributed by atoms with E-state index < -0.39 is 0 Å². The van der Waals surface area contributed by atoms with Crippen LogP contribution in [-0.4, -0.2) is 24.7 Å². The van der Waals surface area contributed by atoms with Crippen molar-refractivity contribution in [2.24, 2.45) is 0 Å². The molecule has 5 rings (SSSR count). The lowest BCUT2D eigenvalue weighted by molar-refractivity contribution is 0.803. The Morgan fingerprint density at radius 1 is 0.906 bits per heavy atom.